The van der Waals surface area contributed by atoms with Gasteiger partial charge in [-0.05, 0) is 84.0 Å². The molecule has 340 valence electrons. The molecule has 3 aromatic carbocycles. The largest absolute Gasteiger partial charge is 0.433 e. The fraction of sp³-hybridized carbons (Fsp3) is 0.404. The van der Waals surface area contributed by atoms with E-state index < -0.39 is 59.0 Å². The summed E-state index contributed by atoms with van der Waals surface area (Å²) in [6.07, 6.45) is -2.57. The topological polar surface area (TPSA) is 156 Å². The van der Waals surface area contributed by atoms with Gasteiger partial charge in [0.2, 0.25) is 17.7 Å². The Morgan fingerprint density at radius 2 is 1.71 bits per heavy atom. The minimum absolute atomic E-state index is 0.101. The molecule has 5 aliphatic heterocycles. The highest BCUT2D eigenvalue weighted by atomic mass is 35.5. The fourth-order valence-corrected chi connectivity index (χ4v) is 10.5. The van der Waals surface area contributed by atoms with Gasteiger partial charge in [-0.15, -0.1) is 0 Å². The second-order valence-electron chi connectivity index (χ2n) is 18.7. The van der Waals surface area contributed by atoms with E-state index in [1.807, 2.05) is 32.9 Å². The van der Waals surface area contributed by atoms with Gasteiger partial charge in [0.05, 0.1) is 11.1 Å². The minimum Gasteiger partial charge on any atom is -0.384 e. The van der Waals surface area contributed by atoms with Crippen LogP contribution in [-0.2, 0) is 32.5 Å². The number of amides is 5. The highest BCUT2D eigenvalue weighted by Gasteiger charge is 2.62. The van der Waals surface area contributed by atoms with Gasteiger partial charge >= 0.3 is 6.18 Å². The first-order valence-corrected chi connectivity index (χ1v) is 21.9. The maximum atomic E-state index is 16.2. The lowest BCUT2D eigenvalue weighted by atomic mass is 9.63. The Kier molecular flexibility index (Phi) is 11.2. The number of piperazine rings is 1. The zero-order valence-corrected chi connectivity index (χ0v) is 36.6. The number of alkyl halides is 3. The fourth-order valence-electron chi connectivity index (χ4n) is 10.4. The average molecular weight is 915 g/mol. The van der Waals surface area contributed by atoms with E-state index in [0.29, 0.717) is 55.0 Å². The van der Waals surface area contributed by atoms with Crippen LogP contribution >= 0.6 is 11.6 Å². The molecule has 0 bridgehead atoms. The number of imide groups is 1. The predicted molar refractivity (Wildman–Crippen MR) is 234 cm³/mol. The van der Waals surface area contributed by atoms with E-state index in [0.717, 1.165) is 17.3 Å². The maximum Gasteiger partial charge on any atom is 0.433 e. The van der Waals surface area contributed by atoms with Crippen molar-refractivity contribution in [2.75, 3.05) is 48.3 Å². The molecule has 5 amide bonds. The molecule has 1 unspecified atom stereocenters. The number of rotatable bonds is 7. The van der Waals surface area contributed by atoms with E-state index in [1.54, 1.807) is 47.4 Å². The van der Waals surface area contributed by atoms with Crippen molar-refractivity contribution in [2.24, 2.45) is 5.41 Å². The van der Waals surface area contributed by atoms with Gasteiger partial charge < -0.3 is 30.7 Å². The van der Waals surface area contributed by atoms with Crippen molar-refractivity contribution in [3.8, 4) is 0 Å². The van der Waals surface area contributed by atoms with Crippen LogP contribution in [-0.4, -0.2) is 95.2 Å². The quantitative estimate of drug-likeness (QED) is 0.121. The van der Waals surface area contributed by atoms with Gasteiger partial charge in [0.25, 0.3) is 11.8 Å². The zero-order valence-electron chi connectivity index (χ0n) is 35.8. The van der Waals surface area contributed by atoms with Gasteiger partial charge in [-0.3, -0.25) is 34.3 Å². The Bertz CT molecular complexity index is 2610. The molecule has 3 fully saturated rings. The molecule has 13 nitrogen and oxygen atoms in total. The number of nitrogens with zero attached hydrogens (tertiary/aromatic N) is 4. The second-order valence-corrected chi connectivity index (χ2v) is 19.1. The van der Waals surface area contributed by atoms with E-state index in [2.05, 4.69) is 31.2 Å². The number of carbonyl (C=O) groups excluding carboxylic acids is 5. The molecule has 0 aliphatic carbocycles. The van der Waals surface area contributed by atoms with E-state index in [-0.39, 0.29) is 65.3 Å². The molecule has 4 aromatic rings. The molecular weight excluding hydrogens is 868 g/mol. The molecule has 18 heteroatoms. The highest BCUT2D eigenvalue weighted by molar-refractivity contribution is 6.30. The van der Waals surface area contributed by atoms with Crippen molar-refractivity contribution in [3.63, 3.8) is 0 Å². The van der Waals surface area contributed by atoms with E-state index in [9.17, 15) is 37.1 Å². The number of hydrogen-bond donors (Lipinski definition) is 4. The van der Waals surface area contributed by atoms with E-state index in [4.69, 9.17) is 11.6 Å². The Labute approximate surface area is 377 Å². The third-order valence-corrected chi connectivity index (χ3v) is 13.7. The number of pyridine rings is 1. The van der Waals surface area contributed by atoms with Gasteiger partial charge in [-0.25, -0.2) is 4.39 Å². The Morgan fingerprint density at radius 1 is 0.969 bits per heavy atom. The lowest BCUT2D eigenvalue weighted by Gasteiger charge is -2.39. The van der Waals surface area contributed by atoms with Crippen LogP contribution in [0.25, 0.3) is 0 Å². The van der Waals surface area contributed by atoms with Crippen molar-refractivity contribution in [3.05, 3.63) is 117 Å². The van der Waals surface area contributed by atoms with Gasteiger partial charge in [-0.2, -0.15) is 13.2 Å². The summed E-state index contributed by atoms with van der Waals surface area (Å²) in [4.78, 5) is 74.8. The van der Waals surface area contributed by atoms with Crippen molar-refractivity contribution in [2.45, 2.75) is 82.2 Å². The molecule has 1 aromatic heterocycles. The number of benzene rings is 3. The van der Waals surface area contributed by atoms with Gasteiger partial charge in [0, 0.05) is 103 Å². The van der Waals surface area contributed by atoms with Gasteiger partial charge in [0.15, 0.2) is 0 Å². The Hall–Kier alpha value is -6.07. The molecule has 0 radical (unpaired) electrons. The summed E-state index contributed by atoms with van der Waals surface area (Å²) < 4.78 is 57.7. The summed E-state index contributed by atoms with van der Waals surface area (Å²) in [5, 5.41) is 11.7. The summed E-state index contributed by atoms with van der Waals surface area (Å²) >= 11 is 6.34. The summed E-state index contributed by atoms with van der Waals surface area (Å²) in [6, 6.07) is 15.2. The van der Waals surface area contributed by atoms with Crippen LogP contribution in [0.5, 0.6) is 0 Å². The Balaban J connectivity index is 0.897. The predicted octanol–water partition coefficient (Wildman–Crippen LogP) is 6.48. The van der Waals surface area contributed by atoms with Crippen molar-refractivity contribution in [1.82, 2.24) is 25.4 Å². The number of piperidine rings is 1. The summed E-state index contributed by atoms with van der Waals surface area (Å²) in [7, 11) is 0. The van der Waals surface area contributed by atoms with Gasteiger partial charge in [0.1, 0.15) is 17.6 Å². The second kappa shape index (κ2) is 16.4. The first-order chi connectivity index (χ1) is 30.8. The van der Waals surface area contributed by atoms with Crippen LogP contribution in [0.15, 0.2) is 72.9 Å². The van der Waals surface area contributed by atoms with Crippen molar-refractivity contribution in [1.29, 1.82) is 0 Å². The van der Waals surface area contributed by atoms with Crippen LogP contribution in [0, 0.1) is 11.2 Å². The summed E-state index contributed by atoms with van der Waals surface area (Å²) in [6.45, 7) is 8.32. The number of nitrogens with one attached hydrogen (secondary N) is 4. The van der Waals surface area contributed by atoms with Crippen LogP contribution in [0.1, 0.15) is 89.1 Å². The van der Waals surface area contributed by atoms with Crippen LogP contribution in [0.4, 0.5) is 34.6 Å². The lowest BCUT2D eigenvalue weighted by molar-refractivity contribution is -0.141. The summed E-state index contributed by atoms with van der Waals surface area (Å²) in [5.74, 6) is -3.42. The molecule has 0 saturated carbocycles. The monoisotopic (exact) mass is 914 g/mol. The Morgan fingerprint density at radius 3 is 2.40 bits per heavy atom. The molecule has 5 atom stereocenters. The normalized spacial score (nSPS) is 24.2. The van der Waals surface area contributed by atoms with Crippen LogP contribution in [0.3, 0.4) is 0 Å². The molecular formula is C47H47ClF4N8O5. The zero-order chi connectivity index (χ0) is 46.2. The number of fused-ring (bicyclic) bond motifs is 3. The third-order valence-electron chi connectivity index (χ3n) is 13.4. The number of anilines is 3. The first kappa shape index (κ1) is 44.1. The molecule has 4 N–H and O–H groups in total. The molecule has 6 heterocycles. The minimum atomic E-state index is -4.69. The molecule has 9 rings (SSSR count). The number of halogens is 5. The third kappa shape index (κ3) is 8.06. The van der Waals surface area contributed by atoms with Crippen LogP contribution < -0.4 is 26.2 Å². The molecule has 65 heavy (non-hydrogen) atoms. The summed E-state index contributed by atoms with van der Waals surface area (Å²) in [5.41, 5.74) is 1.28. The molecule has 5 aliphatic rings. The lowest BCUT2D eigenvalue weighted by Crippen LogP contribution is -2.52. The first-order valence-electron chi connectivity index (χ1n) is 21.6. The van der Waals surface area contributed by atoms with Crippen molar-refractivity contribution < 1.29 is 41.5 Å². The van der Waals surface area contributed by atoms with E-state index in [1.165, 1.54) is 17.2 Å². The number of hydrogen-bond acceptors (Lipinski definition) is 9. The SMILES string of the molecule is CC(C)(C)C[C@@H]1N[C@@H](C(=O)Nc2ccc(C(=O)N3CCN(c4ccc5c(c4)CN(C4CCC(=O)NC4=O)C5=O)CC3)cc2)[C@H](c2cccc(Cl)c2F)[C@]12CNc1cc(C(F)(F)F)ncc12. The smallest absolute Gasteiger partial charge is 0.384 e. The van der Waals surface area contributed by atoms with Crippen LogP contribution in [0.2, 0.25) is 5.02 Å². The number of carbonyl (C=O) groups is 5. The highest BCUT2D eigenvalue weighted by Crippen LogP contribution is 2.56. The van der Waals surface area contributed by atoms with Gasteiger partial charge in [-0.1, -0.05) is 44.5 Å². The molecule has 1 spiro atoms. The number of aromatic nitrogens is 1. The van der Waals surface area contributed by atoms with Crippen molar-refractivity contribution >= 4 is 58.2 Å². The van der Waals surface area contributed by atoms with E-state index >= 15 is 4.39 Å². The standard InChI is InChI=1S/C47H47ClF4N8O5/c1-45(2,3)21-36-46(24-54-33-20-35(47(50,51)52)53-22-31(33)46)38(30-5-4-6-32(48)39(30)49)40(56-36)42(63)55-27-9-7-25(8-10-27)43(64)59-17-15-58(16-18-59)28-11-12-29-26(19-28)23-60(44(29)65)34-13-14-37(61)57-41(34)62/h4-12,19-20,22,34,36,38,40,54,56H,13-18,21,23-24H2,1-3H3,(H,55,63)(H,57,61,62)/t34?,36-,38-,40+,46-/m0/s1. The average Bonchev–Trinajstić information content (AvgIpc) is 3.91. The maximum absolute atomic E-state index is 16.2. The molecule has 3 saturated heterocycles.